The molecule has 0 saturated heterocycles. The Bertz CT molecular complexity index is 1280. The highest BCUT2D eigenvalue weighted by molar-refractivity contribution is 9.10. The van der Waals surface area contributed by atoms with Crippen LogP contribution < -0.4 is 9.47 Å². The van der Waals surface area contributed by atoms with Crippen LogP contribution in [0.4, 0.5) is 0 Å². The molecule has 2 aromatic rings. The molecule has 2 heterocycles. The van der Waals surface area contributed by atoms with E-state index in [2.05, 4.69) is 34.7 Å². The van der Waals surface area contributed by atoms with Gasteiger partial charge >= 0.3 is 0 Å². The molecule has 4 rings (SSSR count). The zero-order valence-corrected chi connectivity index (χ0v) is 24.4. The monoisotopic (exact) mass is 601 g/mol. The number of amides is 1. The number of carbonyl (C=O) groups is 1. The zero-order valence-electron chi connectivity index (χ0n) is 22.0. The number of nitrogens with zero attached hydrogens (tertiary/aromatic N) is 3. The number of phenolic OH excluding ortho intramolecular Hbond substituents is 1. The average Bonchev–Trinajstić information content (AvgIpc) is 3.24. The minimum absolute atomic E-state index is 0.0818. The SMILES string of the molecule is COc1ccc(C(=O)N(CCC(C)C)CC2N=C3C=CC=CN3C2Cc2cc(Br)ccc2O)c(Cl)c1OC. The first-order valence-corrected chi connectivity index (χ1v) is 13.8. The van der Waals surface area contributed by atoms with Crippen molar-refractivity contribution in [1.82, 2.24) is 9.80 Å². The summed E-state index contributed by atoms with van der Waals surface area (Å²) in [5, 5.41) is 10.8. The molecule has 9 heteroatoms. The summed E-state index contributed by atoms with van der Waals surface area (Å²) in [4.78, 5) is 22.9. The molecule has 0 spiro atoms. The van der Waals surface area contributed by atoms with E-state index in [-0.39, 0.29) is 28.8 Å². The number of benzene rings is 2. The Morgan fingerprint density at radius 3 is 2.71 bits per heavy atom. The highest BCUT2D eigenvalue weighted by Gasteiger charge is 2.37. The molecule has 2 aromatic carbocycles. The fraction of sp³-hybridized carbons (Fsp3) is 0.379. The number of ether oxygens (including phenoxy) is 2. The van der Waals surface area contributed by atoms with Crippen LogP contribution in [0.3, 0.4) is 0 Å². The highest BCUT2D eigenvalue weighted by Crippen LogP contribution is 2.38. The van der Waals surface area contributed by atoms with Crippen molar-refractivity contribution < 1.29 is 19.4 Å². The number of methoxy groups -OCH3 is 2. The topological polar surface area (TPSA) is 74.6 Å². The number of hydrogen-bond acceptors (Lipinski definition) is 6. The molecule has 1 amide bonds. The maximum absolute atomic E-state index is 13.9. The fourth-order valence-electron chi connectivity index (χ4n) is 4.76. The van der Waals surface area contributed by atoms with Gasteiger partial charge in [-0.25, -0.2) is 0 Å². The van der Waals surface area contributed by atoms with Crippen LogP contribution in [0.5, 0.6) is 17.2 Å². The van der Waals surface area contributed by atoms with E-state index in [1.165, 1.54) is 14.2 Å². The van der Waals surface area contributed by atoms with E-state index >= 15 is 0 Å². The first kappa shape index (κ1) is 28.0. The van der Waals surface area contributed by atoms with E-state index < -0.39 is 0 Å². The number of allylic oxidation sites excluding steroid dienone is 2. The lowest BCUT2D eigenvalue weighted by Crippen LogP contribution is -2.45. The van der Waals surface area contributed by atoms with Crippen LogP contribution in [0.15, 0.2) is 64.2 Å². The van der Waals surface area contributed by atoms with Crippen molar-refractivity contribution in [2.75, 3.05) is 27.3 Å². The van der Waals surface area contributed by atoms with Gasteiger partial charge < -0.3 is 24.4 Å². The summed E-state index contributed by atoms with van der Waals surface area (Å²) in [5.74, 6) is 2.11. The van der Waals surface area contributed by atoms with Crippen LogP contribution in [0.2, 0.25) is 5.02 Å². The third kappa shape index (κ3) is 6.02. The smallest absolute Gasteiger partial charge is 0.255 e. The van der Waals surface area contributed by atoms with Crippen LogP contribution in [-0.4, -0.2) is 66.0 Å². The number of aliphatic imine (C=N–C) groups is 1. The van der Waals surface area contributed by atoms with Gasteiger partial charge in [-0.05, 0) is 66.8 Å². The molecule has 0 aliphatic carbocycles. The van der Waals surface area contributed by atoms with Gasteiger partial charge in [0.2, 0.25) is 0 Å². The van der Waals surface area contributed by atoms with Crippen LogP contribution in [-0.2, 0) is 6.42 Å². The van der Waals surface area contributed by atoms with Crippen molar-refractivity contribution in [3.05, 3.63) is 75.4 Å². The molecule has 2 aliphatic rings. The van der Waals surface area contributed by atoms with Crippen molar-refractivity contribution in [2.24, 2.45) is 10.9 Å². The molecule has 0 saturated carbocycles. The fourth-order valence-corrected chi connectivity index (χ4v) is 5.48. The molecule has 2 atom stereocenters. The minimum Gasteiger partial charge on any atom is -0.508 e. The van der Waals surface area contributed by atoms with Gasteiger partial charge in [-0.1, -0.05) is 47.5 Å². The Hall–Kier alpha value is -2.97. The lowest BCUT2D eigenvalue weighted by Gasteiger charge is -2.32. The van der Waals surface area contributed by atoms with E-state index in [4.69, 9.17) is 26.1 Å². The van der Waals surface area contributed by atoms with Crippen LogP contribution in [0.25, 0.3) is 0 Å². The third-order valence-corrected chi connectivity index (χ3v) is 7.69. The molecule has 1 N–H and O–H groups in total. The first-order chi connectivity index (χ1) is 18.2. The summed E-state index contributed by atoms with van der Waals surface area (Å²) in [6.07, 6.45) is 9.30. The Balaban J connectivity index is 1.67. The molecule has 38 heavy (non-hydrogen) atoms. The molecule has 0 bridgehead atoms. The Kier molecular flexibility index (Phi) is 9.05. The summed E-state index contributed by atoms with van der Waals surface area (Å²) in [5.41, 5.74) is 1.18. The summed E-state index contributed by atoms with van der Waals surface area (Å²) in [7, 11) is 3.03. The Morgan fingerprint density at radius 2 is 2.00 bits per heavy atom. The van der Waals surface area contributed by atoms with Crippen LogP contribution >= 0.6 is 27.5 Å². The maximum atomic E-state index is 13.9. The number of hydrogen-bond donors (Lipinski definition) is 1. The Morgan fingerprint density at radius 1 is 1.21 bits per heavy atom. The molecular formula is C29H33BrClN3O4. The summed E-state index contributed by atoms with van der Waals surface area (Å²) >= 11 is 10.2. The molecular weight excluding hydrogens is 570 g/mol. The molecule has 2 aliphatic heterocycles. The predicted molar refractivity (Wildman–Crippen MR) is 155 cm³/mol. The normalized spacial score (nSPS) is 18.0. The van der Waals surface area contributed by atoms with Crippen molar-refractivity contribution in [3.63, 3.8) is 0 Å². The van der Waals surface area contributed by atoms with Crippen molar-refractivity contribution in [1.29, 1.82) is 0 Å². The van der Waals surface area contributed by atoms with E-state index in [1.807, 2.05) is 41.5 Å². The molecule has 7 nitrogen and oxygen atoms in total. The van der Waals surface area contributed by atoms with Gasteiger partial charge in [0, 0.05) is 23.8 Å². The van der Waals surface area contributed by atoms with Gasteiger partial charge in [-0.2, -0.15) is 0 Å². The largest absolute Gasteiger partial charge is 0.508 e. The second kappa shape index (κ2) is 12.3. The summed E-state index contributed by atoms with van der Waals surface area (Å²) in [6.45, 7) is 5.23. The van der Waals surface area contributed by atoms with Gasteiger partial charge in [0.1, 0.15) is 11.6 Å². The van der Waals surface area contributed by atoms with Crippen molar-refractivity contribution in [2.45, 2.75) is 38.8 Å². The quantitative estimate of drug-likeness (QED) is 0.356. The number of phenols is 1. The lowest BCUT2D eigenvalue weighted by atomic mass is 9.97. The van der Waals surface area contributed by atoms with Crippen LogP contribution in [0, 0.1) is 5.92 Å². The molecule has 2 unspecified atom stereocenters. The Labute approximate surface area is 237 Å². The number of halogens is 2. The standard InChI is InChI=1S/C29H33BrClN3O4/c1-18(2)12-14-33(29(36)21-9-11-25(37-3)28(38-4)27(21)31)17-22-23(34-13-6-5-7-26(34)32-22)16-19-15-20(30)8-10-24(19)35/h5-11,13,15,18,22-23,35H,12,14,16-17H2,1-4H3. The number of aromatic hydroxyl groups is 1. The van der Waals surface area contributed by atoms with Gasteiger partial charge in [0.05, 0.1) is 36.9 Å². The van der Waals surface area contributed by atoms with Crippen molar-refractivity contribution in [3.8, 4) is 17.2 Å². The van der Waals surface area contributed by atoms with Gasteiger partial charge in [-0.15, -0.1) is 0 Å². The lowest BCUT2D eigenvalue weighted by molar-refractivity contribution is 0.0729. The van der Waals surface area contributed by atoms with E-state index in [9.17, 15) is 9.90 Å². The number of fused-ring (bicyclic) bond motifs is 1. The second-order valence-corrected chi connectivity index (χ2v) is 11.1. The molecule has 0 radical (unpaired) electrons. The van der Waals surface area contributed by atoms with E-state index in [0.717, 1.165) is 22.3 Å². The molecule has 0 fully saturated rings. The summed E-state index contributed by atoms with van der Waals surface area (Å²) in [6, 6.07) is 8.51. The summed E-state index contributed by atoms with van der Waals surface area (Å²) < 4.78 is 11.7. The minimum atomic E-state index is -0.217. The van der Waals surface area contributed by atoms with E-state index in [0.29, 0.717) is 42.5 Å². The second-order valence-electron chi connectivity index (χ2n) is 9.80. The first-order valence-electron chi connectivity index (χ1n) is 12.6. The molecule has 0 aromatic heterocycles. The van der Waals surface area contributed by atoms with Gasteiger partial charge in [-0.3, -0.25) is 9.79 Å². The number of carbonyl (C=O) groups excluding carboxylic acids is 1. The van der Waals surface area contributed by atoms with E-state index in [1.54, 1.807) is 18.2 Å². The average molecular weight is 603 g/mol. The number of rotatable bonds is 10. The van der Waals surface area contributed by atoms with Crippen molar-refractivity contribution >= 4 is 39.3 Å². The number of amidine groups is 1. The van der Waals surface area contributed by atoms with Gasteiger partial charge in [0.15, 0.2) is 11.5 Å². The molecule has 202 valence electrons. The third-order valence-electron chi connectivity index (χ3n) is 6.82. The highest BCUT2D eigenvalue weighted by atomic mass is 79.9. The maximum Gasteiger partial charge on any atom is 0.255 e. The van der Waals surface area contributed by atoms with Gasteiger partial charge in [0.25, 0.3) is 5.91 Å². The zero-order chi connectivity index (χ0) is 27.4. The van der Waals surface area contributed by atoms with Crippen LogP contribution in [0.1, 0.15) is 36.2 Å². The predicted octanol–water partition coefficient (Wildman–Crippen LogP) is 6.09.